The van der Waals surface area contributed by atoms with Gasteiger partial charge in [0.25, 0.3) is 0 Å². The Balaban J connectivity index is 2.16. The van der Waals surface area contributed by atoms with E-state index in [1.807, 2.05) is 18.2 Å². The van der Waals surface area contributed by atoms with E-state index in [1.165, 1.54) is 4.90 Å². The number of hydrogen-bond acceptors (Lipinski definition) is 3. The monoisotopic (exact) mass is 222 g/mol. The molecule has 2 rings (SSSR count). The molecule has 3 heteroatoms. The molecule has 15 heavy (non-hydrogen) atoms. The van der Waals surface area contributed by atoms with Crippen LogP contribution >= 0.6 is 11.8 Å². The average Bonchev–Trinajstić information content (AvgIpc) is 2.50. The molecule has 0 aliphatic carbocycles. The summed E-state index contributed by atoms with van der Waals surface area (Å²) in [5, 5.41) is 0. The third-order valence-electron chi connectivity index (χ3n) is 2.09. The lowest BCUT2D eigenvalue weighted by molar-refractivity contribution is 0.297. The van der Waals surface area contributed by atoms with Gasteiger partial charge in [-0.1, -0.05) is 6.08 Å². The van der Waals surface area contributed by atoms with E-state index in [-0.39, 0.29) is 0 Å². The van der Waals surface area contributed by atoms with Gasteiger partial charge in [0.2, 0.25) is 0 Å². The Kier molecular flexibility index (Phi) is 3.56. The van der Waals surface area contributed by atoms with Gasteiger partial charge in [0, 0.05) is 17.1 Å². The Bertz CT molecular complexity index is 349. The molecule has 0 radical (unpaired) electrons. The van der Waals surface area contributed by atoms with Crippen LogP contribution in [0.5, 0.6) is 11.5 Å². The summed E-state index contributed by atoms with van der Waals surface area (Å²) in [7, 11) is 0. The number of hydrogen-bond donors (Lipinski definition) is 0. The van der Waals surface area contributed by atoms with E-state index in [1.54, 1.807) is 11.8 Å². The average molecular weight is 222 g/mol. The van der Waals surface area contributed by atoms with Crippen LogP contribution in [0.25, 0.3) is 0 Å². The maximum absolute atomic E-state index is 5.60. The van der Waals surface area contributed by atoms with Crippen LogP contribution < -0.4 is 9.47 Å². The molecule has 0 amide bonds. The van der Waals surface area contributed by atoms with Crippen molar-refractivity contribution in [2.75, 3.05) is 19.0 Å². The first-order chi connectivity index (χ1) is 7.40. The van der Waals surface area contributed by atoms with Gasteiger partial charge in [-0.25, -0.2) is 0 Å². The first-order valence-electron chi connectivity index (χ1n) is 5.03. The highest BCUT2D eigenvalue weighted by molar-refractivity contribution is 7.99. The van der Waals surface area contributed by atoms with E-state index in [0.29, 0.717) is 0 Å². The highest BCUT2D eigenvalue weighted by Gasteiger charge is 2.10. The van der Waals surface area contributed by atoms with Crippen molar-refractivity contribution in [2.45, 2.75) is 11.3 Å². The maximum Gasteiger partial charge on any atom is 0.162 e. The minimum Gasteiger partial charge on any atom is -0.490 e. The zero-order valence-electron chi connectivity index (χ0n) is 8.57. The van der Waals surface area contributed by atoms with Crippen molar-refractivity contribution in [2.24, 2.45) is 0 Å². The third kappa shape index (κ3) is 2.69. The van der Waals surface area contributed by atoms with Gasteiger partial charge in [-0.15, -0.1) is 18.3 Å². The molecule has 0 spiro atoms. The van der Waals surface area contributed by atoms with E-state index in [4.69, 9.17) is 9.47 Å². The van der Waals surface area contributed by atoms with Crippen LogP contribution in [0.4, 0.5) is 0 Å². The van der Waals surface area contributed by atoms with Crippen LogP contribution in [0.15, 0.2) is 35.7 Å². The van der Waals surface area contributed by atoms with Crippen molar-refractivity contribution < 1.29 is 9.47 Å². The summed E-state index contributed by atoms with van der Waals surface area (Å²) >= 11 is 1.75. The molecule has 0 saturated heterocycles. The summed E-state index contributed by atoms with van der Waals surface area (Å²) in [6.07, 6.45) is 2.84. The minimum atomic E-state index is 0.739. The molecule has 1 aliphatic rings. The Morgan fingerprint density at radius 1 is 1.27 bits per heavy atom. The molecule has 1 aliphatic heterocycles. The fourth-order valence-corrected chi connectivity index (χ4v) is 2.05. The highest BCUT2D eigenvalue weighted by atomic mass is 32.2. The normalized spacial score (nSPS) is 14.4. The molecule has 0 N–H and O–H groups in total. The second kappa shape index (κ2) is 5.12. The van der Waals surface area contributed by atoms with Crippen LogP contribution in [-0.2, 0) is 0 Å². The van der Waals surface area contributed by atoms with E-state index in [2.05, 4.69) is 12.6 Å². The predicted octanol–water partition coefficient (Wildman–Crippen LogP) is 3.13. The summed E-state index contributed by atoms with van der Waals surface area (Å²) in [6.45, 7) is 5.18. The number of benzene rings is 1. The first kappa shape index (κ1) is 10.4. The van der Waals surface area contributed by atoms with Crippen molar-refractivity contribution in [3.8, 4) is 11.5 Å². The molecule has 0 atom stereocenters. The highest BCUT2D eigenvalue weighted by Crippen LogP contribution is 2.33. The van der Waals surface area contributed by atoms with Crippen molar-refractivity contribution in [3.05, 3.63) is 30.9 Å². The van der Waals surface area contributed by atoms with Gasteiger partial charge in [0.1, 0.15) is 0 Å². The van der Waals surface area contributed by atoms with E-state index in [9.17, 15) is 0 Å². The summed E-state index contributed by atoms with van der Waals surface area (Å²) in [5.74, 6) is 2.64. The molecule has 0 fully saturated rings. The Morgan fingerprint density at radius 2 is 2.07 bits per heavy atom. The number of fused-ring (bicyclic) bond motifs is 1. The molecule has 0 saturated carbocycles. The van der Waals surface area contributed by atoms with Gasteiger partial charge in [-0.05, 0) is 18.2 Å². The molecule has 0 unspecified atom stereocenters. The zero-order valence-corrected chi connectivity index (χ0v) is 9.39. The lowest BCUT2D eigenvalue weighted by atomic mass is 10.3. The molecular weight excluding hydrogens is 208 g/mol. The quantitative estimate of drug-likeness (QED) is 0.578. The van der Waals surface area contributed by atoms with Gasteiger partial charge in [0.15, 0.2) is 11.5 Å². The minimum absolute atomic E-state index is 0.739. The topological polar surface area (TPSA) is 18.5 Å². The predicted molar refractivity (Wildman–Crippen MR) is 63.0 cm³/mol. The molecule has 1 aromatic rings. The smallest absolute Gasteiger partial charge is 0.162 e. The van der Waals surface area contributed by atoms with Gasteiger partial charge < -0.3 is 9.47 Å². The fourth-order valence-electron chi connectivity index (χ4n) is 1.39. The standard InChI is InChI=1S/C12H14O2S/c1-2-8-15-10-4-5-11-12(9-10)14-7-3-6-13-11/h2,4-5,9H,1,3,6-8H2. The SMILES string of the molecule is C=CCSc1ccc2c(c1)OCCCO2. The Morgan fingerprint density at radius 3 is 2.87 bits per heavy atom. The van der Waals surface area contributed by atoms with Crippen LogP contribution in [-0.4, -0.2) is 19.0 Å². The van der Waals surface area contributed by atoms with Gasteiger partial charge in [0.05, 0.1) is 13.2 Å². The first-order valence-corrected chi connectivity index (χ1v) is 6.02. The van der Waals surface area contributed by atoms with Crippen LogP contribution in [0.1, 0.15) is 6.42 Å². The second-order valence-electron chi connectivity index (χ2n) is 3.26. The second-order valence-corrected chi connectivity index (χ2v) is 4.35. The summed E-state index contributed by atoms with van der Waals surface area (Å²) in [4.78, 5) is 1.19. The molecule has 1 heterocycles. The molecule has 1 aromatic carbocycles. The molecule has 0 aromatic heterocycles. The number of thioether (sulfide) groups is 1. The van der Waals surface area contributed by atoms with Gasteiger partial charge in [-0.2, -0.15) is 0 Å². The number of rotatable bonds is 3. The van der Waals surface area contributed by atoms with E-state index >= 15 is 0 Å². The van der Waals surface area contributed by atoms with E-state index in [0.717, 1.165) is 36.9 Å². The number of ether oxygens (including phenoxy) is 2. The van der Waals surface area contributed by atoms with Crippen molar-refractivity contribution in [1.82, 2.24) is 0 Å². The Hall–Kier alpha value is -1.09. The van der Waals surface area contributed by atoms with Crippen LogP contribution in [0.3, 0.4) is 0 Å². The van der Waals surface area contributed by atoms with Gasteiger partial charge >= 0.3 is 0 Å². The lowest BCUT2D eigenvalue weighted by Crippen LogP contribution is -1.97. The molecular formula is C12H14O2S. The lowest BCUT2D eigenvalue weighted by Gasteiger charge is -2.08. The molecule has 2 nitrogen and oxygen atoms in total. The summed E-state index contributed by atoms with van der Waals surface area (Å²) < 4.78 is 11.2. The van der Waals surface area contributed by atoms with Gasteiger partial charge in [-0.3, -0.25) is 0 Å². The summed E-state index contributed by atoms with van der Waals surface area (Å²) in [6, 6.07) is 6.07. The molecule has 0 bridgehead atoms. The van der Waals surface area contributed by atoms with Crippen molar-refractivity contribution >= 4 is 11.8 Å². The fraction of sp³-hybridized carbons (Fsp3) is 0.333. The largest absolute Gasteiger partial charge is 0.490 e. The maximum atomic E-state index is 5.60. The Labute approximate surface area is 94.3 Å². The van der Waals surface area contributed by atoms with E-state index < -0.39 is 0 Å². The summed E-state index contributed by atoms with van der Waals surface area (Å²) in [5.41, 5.74) is 0. The zero-order chi connectivity index (χ0) is 10.5. The van der Waals surface area contributed by atoms with Crippen LogP contribution in [0, 0.1) is 0 Å². The molecule has 80 valence electrons. The van der Waals surface area contributed by atoms with Crippen molar-refractivity contribution in [1.29, 1.82) is 0 Å². The third-order valence-corrected chi connectivity index (χ3v) is 3.08. The van der Waals surface area contributed by atoms with Crippen molar-refractivity contribution in [3.63, 3.8) is 0 Å². The van der Waals surface area contributed by atoms with Crippen LogP contribution in [0.2, 0.25) is 0 Å².